The number of allylic oxidation sites excluding steroid dienone is 6. The van der Waals surface area contributed by atoms with Gasteiger partial charge in [-0.3, -0.25) is 14.4 Å². The Kier molecular flexibility index (Phi) is 53.2. The Morgan fingerprint density at radius 1 is 0.303 bits per heavy atom. The summed E-state index contributed by atoms with van der Waals surface area (Å²) in [6, 6.07) is 0. The fourth-order valence-corrected chi connectivity index (χ4v) is 8.51. The van der Waals surface area contributed by atoms with E-state index in [1.807, 2.05) is 0 Å². The van der Waals surface area contributed by atoms with Crippen LogP contribution in [-0.4, -0.2) is 37.2 Å². The molecule has 0 aliphatic rings. The standard InChI is InChI=1S/C60H110O6/c1-4-7-10-13-16-18-20-22-24-25-26-27-28-29-30-31-32-33-34-35-36-38-39-41-44-47-50-53-59(62)65-56-57(55-64-58(61)52-49-46-43-15-12-9-6-3)66-60(63)54-51-48-45-42-40-37-23-21-19-17-14-11-8-5-2/h20,22,25-26,28-29,57H,4-19,21,23-24,27,30-56H2,1-3H3/b22-20-,26-25-,29-28-. The first-order valence-corrected chi connectivity index (χ1v) is 29.0. The molecular weight excluding hydrogens is 817 g/mol. The van der Waals surface area contributed by atoms with Crippen LogP contribution >= 0.6 is 0 Å². The van der Waals surface area contributed by atoms with Crippen molar-refractivity contribution in [3.05, 3.63) is 36.5 Å². The van der Waals surface area contributed by atoms with E-state index in [2.05, 4.69) is 57.2 Å². The number of carbonyl (C=O) groups excluding carboxylic acids is 3. The van der Waals surface area contributed by atoms with Crippen molar-refractivity contribution in [1.82, 2.24) is 0 Å². The average molecular weight is 928 g/mol. The summed E-state index contributed by atoms with van der Waals surface area (Å²) in [5.41, 5.74) is 0. The third-order valence-electron chi connectivity index (χ3n) is 12.9. The van der Waals surface area contributed by atoms with Crippen molar-refractivity contribution >= 4 is 17.9 Å². The molecule has 1 unspecified atom stereocenters. The summed E-state index contributed by atoms with van der Waals surface area (Å²) in [4.78, 5) is 37.9. The quantitative estimate of drug-likeness (QED) is 0.0262. The molecule has 0 saturated carbocycles. The summed E-state index contributed by atoms with van der Waals surface area (Å²) in [5, 5.41) is 0. The van der Waals surface area contributed by atoms with Gasteiger partial charge in [0.25, 0.3) is 0 Å². The first kappa shape index (κ1) is 63.6. The first-order chi connectivity index (χ1) is 32.5. The highest BCUT2D eigenvalue weighted by molar-refractivity contribution is 5.71. The number of hydrogen-bond donors (Lipinski definition) is 0. The largest absolute Gasteiger partial charge is 0.462 e. The van der Waals surface area contributed by atoms with Crippen molar-refractivity contribution in [2.45, 2.75) is 316 Å². The number of carbonyl (C=O) groups is 3. The second kappa shape index (κ2) is 55.2. The lowest BCUT2D eigenvalue weighted by atomic mass is 10.0. The highest BCUT2D eigenvalue weighted by Crippen LogP contribution is 2.16. The van der Waals surface area contributed by atoms with E-state index in [4.69, 9.17) is 14.2 Å². The fourth-order valence-electron chi connectivity index (χ4n) is 8.51. The van der Waals surface area contributed by atoms with Gasteiger partial charge in [-0.15, -0.1) is 0 Å². The first-order valence-electron chi connectivity index (χ1n) is 29.0. The lowest BCUT2D eigenvalue weighted by molar-refractivity contribution is -0.167. The zero-order valence-electron chi connectivity index (χ0n) is 44.2. The van der Waals surface area contributed by atoms with Gasteiger partial charge in [-0.1, -0.05) is 269 Å². The molecule has 6 nitrogen and oxygen atoms in total. The Balaban J connectivity index is 4.08. The fraction of sp³-hybridized carbons (Fsp3) is 0.850. The molecule has 0 aliphatic carbocycles. The van der Waals surface area contributed by atoms with Gasteiger partial charge in [-0.25, -0.2) is 0 Å². The number of hydrogen-bond acceptors (Lipinski definition) is 6. The topological polar surface area (TPSA) is 78.9 Å². The van der Waals surface area contributed by atoms with E-state index in [1.54, 1.807) is 0 Å². The van der Waals surface area contributed by atoms with Crippen LogP contribution in [0, 0.1) is 0 Å². The van der Waals surface area contributed by atoms with E-state index in [-0.39, 0.29) is 31.1 Å². The molecule has 386 valence electrons. The average Bonchev–Trinajstić information content (AvgIpc) is 3.31. The Morgan fingerprint density at radius 3 is 0.848 bits per heavy atom. The van der Waals surface area contributed by atoms with Crippen molar-refractivity contribution in [1.29, 1.82) is 0 Å². The SMILES string of the molecule is CCCCCCC/C=C\C/C=C\C/C=C\CCCCCCCCCCCCCCC(=O)OCC(COC(=O)CCCCCCCCC)OC(=O)CCCCCCCCCCCCCCCC. The van der Waals surface area contributed by atoms with E-state index in [0.29, 0.717) is 19.3 Å². The highest BCUT2D eigenvalue weighted by atomic mass is 16.6. The molecular formula is C60H110O6. The van der Waals surface area contributed by atoms with Crippen LogP contribution in [0.25, 0.3) is 0 Å². The van der Waals surface area contributed by atoms with E-state index >= 15 is 0 Å². The minimum absolute atomic E-state index is 0.0685. The molecule has 0 N–H and O–H groups in total. The molecule has 0 rings (SSSR count). The third-order valence-corrected chi connectivity index (χ3v) is 12.9. The molecule has 0 fully saturated rings. The molecule has 0 amide bonds. The Morgan fingerprint density at radius 2 is 0.545 bits per heavy atom. The molecule has 66 heavy (non-hydrogen) atoms. The Hall–Kier alpha value is -2.37. The molecule has 0 saturated heterocycles. The van der Waals surface area contributed by atoms with Gasteiger partial charge >= 0.3 is 17.9 Å². The molecule has 0 bridgehead atoms. The van der Waals surface area contributed by atoms with Crippen LogP contribution in [0.3, 0.4) is 0 Å². The number of unbranched alkanes of at least 4 members (excludes halogenated alkanes) is 36. The van der Waals surface area contributed by atoms with Crippen LogP contribution in [0.2, 0.25) is 0 Å². The molecule has 0 aliphatic heterocycles. The van der Waals surface area contributed by atoms with Crippen molar-refractivity contribution in [3.8, 4) is 0 Å². The van der Waals surface area contributed by atoms with Gasteiger partial charge in [0, 0.05) is 19.3 Å². The summed E-state index contributed by atoms with van der Waals surface area (Å²) in [6.07, 6.45) is 65.9. The zero-order chi connectivity index (χ0) is 47.9. The molecule has 0 radical (unpaired) electrons. The Labute approximate surface area is 410 Å². The second-order valence-corrected chi connectivity index (χ2v) is 19.6. The molecule has 6 heteroatoms. The summed E-state index contributed by atoms with van der Waals surface area (Å²) in [6.45, 7) is 6.62. The maximum Gasteiger partial charge on any atom is 0.306 e. The molecule has 0 heterocycles. The van der Waals surface area contributed by atoms with Crippen molar-refractivity contribution < 1.29 is 28.6 Å². The molecule has 0 spiro atoms. The van der Waals surface area contributed by atoms with Gasteiger partial charge in [0.05, 0.1) is 0 Å². The summed E-state index contributed by atoms with van der Waals surface area (Å²) >= 11 is 0. The smallest absolute Gasteiger partial charge is 0.306 e. The van der Waals surface area contributed by atoms with Crippen LogP contribution in [0.4, 0.5) is 0 Å². The highest BCUT2D eigenvalue weighted by Gasteiger charge is 2.19. The minimum Gasteiger partial charge on any atom is -0.462 e. The monoisotopic (exact) mass is 927 g/mol. The third kappa shape index (κ3) is 52.6. The van der Waals surface area contributed by atoms with Crippen LogP contribution in [0.1, 0.15) is 310 Å². The van der Waals surface area contributed by atoms with Gasteiger partial charge in [-0.05, 0) is 57.8 Å². The predicted octanol–water partition coefficient (Wildman–Crippen LogP) is 19.3. The minimum atomic E-state index is -0.766. The van der Waals surface area contributed by atoms with Gasteiger partial charge in [0.1, 0.15) is 13.2 Å². The molecule has 0 aromatic rings. The van der Waals surface area contributed by atoms with Crippen LogP contribution in [0.5, 0.6) is 0 Å². The maximum atomic E-state index is 12.8. The van der Waals surface area contributed by atoms with E-state index < -0.39 is 6.10 Å². The zero-order valence-corrected chi connectivity index (χ0v) is 44.2. The lowest BCUT2D eigenvalue weighted by Gasteiger charge is -2.18. The van der Waals surface area contributed by atoms with E-state index in [0.717, 1.165) is 70.6 Å². The van der Waals surface area contributed by atoms with Gasteiger partial charge in [0.2, 0.25) is 0 Å². The Bertz CT molecular complexity index is 1110. The van der Waals surface area contributed by atoms with Crippen molar-refractivity contribution in [2.24, 2.45) is 0 Å². The summed E-state index contributed by atoms with van der Waals surface area (Å²) in [5.74, 6) is -0.861. The van der Waals surface area contributed by atoms with Crippen molar-refractivity contribution in [3.63, 3.8) is 0 Å². The predicted molar refractivity (Wildman–Crippen MR) is 284 cm³/mol. The number of esters is 3. The van der Waals surface area contributed by atoms with E-state index in [1.165, 1.54) is 199 Å². The summed E-state index contributed by atoms with van der Waals surface area (Å²) in [7, 11) is 0. The van der Waals surface area contributed by atoms with Gasteiger partial charge in [0.15, 0.2) is 6.10 Å². The van der Waals surface area contributed by atoms with Crippen LogP contribution in [0.15, 0.2) is 36.5 Å². The summed E-state index contributed by atoms with van der Waals surface area (Å²) < 4.78 is 16.8. The number of rotatable bonds is 53. The maximum absolute atomic E-state index is 12.8. The van der Waals surface area contributed by atoms with Crippen molar-refractivity contribution in [2.75, 3.05) is 13.2 Å². The van der Waals surface area contributed by atoms with E-state index in [9.17, 15) is 14.4 Å². The van der Waals surface area contributed by atoms with Gasteiger partial charge in [-0.2, -0.15) is 0 Å². The molecule has 1 atom stereocenters. The van der Waals surface area contributed by atoms with Crippen LogP contribution in [-0.2, 0) is 28.6 Å². The molecule has 0 aromatic carbocycles. The number of ether oxygens (including phenoxy) is 3. The second-order valence-electron chi connectivity index (χ2n) is 19.6. The normalized spacial score (nSPS) is 12.2. The molecule has 0 aromatic heterocycles. The lowest BCUT2D eigenvalue weighted by Crippen LogP contribution is -2.30. The van der Waals surface area contributed by atoms with Crippen LogP contribution < -0.4 is 0 Å². The van der Waals surface area contributed by atoms with Gasteiger partial charge < -0.3 is 14.2 Å².